The minimum Gasteiger partial charge on any atom is -0.497 e. The van der Waals surface area contributed by atoms with E-state index >= 15 is 0 Å². The van der Waals surface area contributed by atoms with E-state index < -0.39 is 0 Å². The fourth-order valence-corrected chi connectivity index (χ4v) is 2.55. The van der Waals surface area contributed by atoms with E-state index in [2.05, 4.69) is 10.2 Å². The first-order chi connectivity index (χ1) is 11.1. The van der Waals surface area contributed by atoms with Crippen molar-refractivity contribution in [3.8, 4) is 5.75 Å². The number of ether oxygens (including phenoxy) is 1. The number of H-pyrrole nitrogens is 1. The Morgan fingerprint density at radius 1 is 1.22 bits per heavy atom. The van der Waals surface area contributed by atoms with Gasteiger partial charge in [0.25, 0.3) is 5.91 Å². The number of rotatable bonds is 4. The number of hydrogen-bond donors (Lipinski definition) is 1. The zero-order valence-electron chi connectivity index (χ0n) is 13.5. The molecule has 0 spiro atoms. The summed E-state index contributed by atoms with van der Waals surface area (Å²) in [6, 6.07) is 13.6. The number of benzene rings is 2. The summed E-state index contributed by atoms with van der Waals surface area (Å²) in [5, 5.41) is 7.96. The van der Waals surface area contributed by atoms with Crippen molar-refractivity contribution in [3.05, 3.63) is 59.3 Å². The second-order valence-electron chi connectivity index (χ2n) is 5.63. The van der Waals surface area contributed by atoms with Crippen molar-refractivity contribution in [1.82, 2.24) is 15.1 Å². The Balaban J connectivity index is 1.81. The Kier molecular flexibility index (Phi) is 4.02. The van der Waals surface area contributed by atoms with E-state index in [1.54, 1.807) is 19.1 Å². The van der Waals surface area contributed by atoms with E-state index in [0.717, 1.165) is 27.8 Å². The first-order valence-electron chi connectivity index (χ1n) is 7.41. The van der Waals surface area contributed by atoms with Crippen LogP contribution in [0.1, 0.15) is 21.6 Å². The third-order valence-electron chi connectivity index (χ3n) is 3.85. The summed E-state index contributed by atoms with van der Waals surface area (Å²) in [4.78, 5) is 14.3. The third-order valence-corrected chi connectivity index (χ3v) is 3.85. The van der Waals surface area contributed by atoms with Gasteiger partial charge in [-0.25, -0.2) is 0 Å². The number of amides is 1. The quantitative estimate of drug-likeness (QED) is 0.805. The molecule has 0 fully saturated rings. The lowest BCUT2D eigenvalue weighted by Gasteiger charge is -2.16. The molecule has 118 valence electrons. The average Bonchev–Trinajstić information content (AvgIpc) is 2.97. The molecule has 0 bridgehead atoms. The predicted octanol–water partition coefficient (Wildman–Crippen LogP) is 3.15. The maximum absolute atomic E-state index is 12.7. The SMILES string of the molecule is COc1ccc(CN(C)C(=O)c2n[nH]c3ccc(C)cc23)cc1. The summed E-state index contributed by atoms with van der Waals surface area (Å²) in [5.74, 6) is 0.703. The fourth-order valence-electron chi connectivity index (χ4n) is 2.55. The van der Waals surface area contributed by atoms with Crippen LogP contribution in [0.2, 0.25) is 0 Å². The van der Waals surface area contributed by atoms with Gasteiger partial charge in [-0.15, -0.1) is 0 Å². The van der Waals surface area contributed by atoms with Crippen LogP contribution >= 0.6 is 0 Å². The predicted molar refractivity (Wildman–Crippen MR) is 89.6 cm³/mol. The first kappa shape index (κ1) is 15.1. The lowest BCUT2D eigenvalue weighted by molar-refractivity contribution is 0.0781. The Hall–Kier alpha value is -2.82. The van der Waals surface area contributed by atoms with E-state index in [-0.39, 0.29) is 5.91 Å². The molecule has 3 rings (SSSR count). The smallest absolute Gasteiger partial charge is 0.275 e. The first-order valence-corrected chi connectivity index (χ1v) is 7.41. The number of carbonyl (C=O) groups excluding carboxylic acids is 1. The highest BCUT2D eigenvalue weighted by atomic mass is 16.5. The maximum atomic E-state index is 12.7. The van der Waals surface area contributed by atoms with Crippen LogP contribution in [-0.2, 0) is 6.54 Å². The molecule has 1 aromatic heterocycles. The van der Waals surface area contributed by atoms with Crippen molar-refractivity contribution in [3.63, 3.8) is 0 Å². The second kappa shape index (κ2) is 6.12. The summed E-state index contributed by atoms with van der Waals surface area (Å²) in [6.07, 6.45) is 0. The molecule has 5 heteroatoms. The minimum atomic E-state index is -0.0994. The van der Waals surface area contributed by atoms with Crippen molar-refractivity contribution in [1.29, 1.82) is 0 Å². The van der Waals surface area contributed by atoms with Gasteiger partial charge in [-0.1, -0.05) is 23.8 Å². The van der Waals surface area contributed by atoms with Crippen molar-refractivity contribution in [2.24, 2.45) is 0 Å². The Morgan fingerprint density at radius 3 is 2.65 bits per heavy atom. The molecule has 23 heavy (non-hydrogen) atoms. The standard InChI is InChI=1S/C18H19N3O2/c1-12-4-9-16-15(10-12)17(20-19-16)18(22)21(2)11-13-5-7-14(23-3)8-6-13/h4-10H,11H2,1-3H3,(H,19,20). The van der Waals surface area contributed by atoms with Crippen LogP contribution in [0.4, 0.5) is 0 Å². The largest absolute Gasteiger partial charge is 0.497 e. The lowest BCUT2D eigenvalue weighted by atomic mass is 10.1. The molecule has 0 atom stereocenters. The zero-order valence-corrected chi connectivity index (χ0v) is 13.5. The molecule has 1 N–H and O–H groups in total. The van der Waals surface area contributed by atoms with Gasteiger partial charge < -0.3 is 9.64 Å². The van der Waals surface area contributed by atoms with Gasteiger partial charge in [-0.2, -0.15) is 5.10 Å². The van der Waals surface area contributed by atoms with E-state index in [4.69, 9.17) is 4.74 Å². The van der Waals surface area contributed by atoms with Crippen molar-refractivity contribution < 1.29 is 9.53 Å². The van der Waals surface area contributed by atoms with Gasteiger partial charge in [-0.05, 0) is 36.8 Å². The van der Waals surface area contributed by atoms with Crippen molar-refractivity contribution in [2.45, 2.75) is 13.5 Å². The summed E-state index contributed by atoms with van der Waals surface area (Å²) >= 11 is 0. The van der Waals surface area contributed by atoms with Gasteiger partial charge in [0.05, 0.1) is 12.6 Å². The minimum absolute atomic E-state index is 0.0994. The van der Waals surface area contributed by atoms with E-state index in [0.29, 0.717) is 12.2 Å². The van der Waals surface area contributed by atoms with Gasteiger partial charge in [0, 0.05) is 19.0 Å². The summed E-state index contributed by atoms with van der Waals surface area (Å²) in [5.41, 5.74) is 3.47. The van der Waals surface area contributed by atoms with Gasteiger partial charge in [0.2, 0.25) is 0 Å². The highest BCUT2D eigenvalue weighted by molar-refractivity contribution is 6.04. The van der Waals surface area contributed by atoms with Crippen LogP contribution < -0.4 is 4.74 Å². The number of aromatic nitrogens is 2. The molecule has 0 saturated heterocycles. The molecule has 1 heterocycles. The van der Waals surface area contributed by atoms with E-state index in [1.165, 1.54) is 0 Å². The molecule has 2 aromatic carbocycles. The Bertz CT molecular complexity index is 837. The van der Waals surface area contributed by atoms with Gasteiger partial charge in [0.15, 0.2) is 5.69 Å². The summed E-state index contributed by atoms with van der Waals surface area (Å²) < 4.78 is 5.15. The van der Waals surface area contributed by atoms with Crippen LogP contribution in [-0.4, -0.2) is 35.2 Å². The molecule has 3 aromatic rings. The van der Waals surface area contributed by atoms with Crippen LogP contribution in [0.25, 0.3) is 10.9 Å². The molecule has 1 amide bonds. The fraction of sp³-hybridized carbons (Fsp3) is 0.222. The molecule has 0 radical (unpaired) electrons. The van der Waals surface area contributed by atoms with Gasteiger partial charge in [-0.3, -0.25) is 9.89 Å². The Labute approximate surface area is 134 Å². The van der Waals surface area contributed by atoms with Crippen LogP contribution in [0.15, 0.2) is 42.5 Å². The average molecular weight is 309 g/mol. The molecule has 0 aliphatic rings. The number of methoxy groups -OCH3 is 1. The summed E-state index contributed by atoms with van der Waals surface area (Å²) in [7, 11) is 3.41. The monoisotopic (exact) mass is 309 g/mol. The van der Waals surface area contributed by atoms with Crippen LogP contribution in [0.3, 0.4) is 0 Å². The van der Waals surface area contributed by atoms with Crippen LogP contribution in [0.5, 0.6) is 5.75 Å². The number of carbonyl (C=O) groups is 1. The van der Waals surface area contributed by atoms with E-state index in [9.17, 15) is 4.79 Å². The molecule has 0 saturated carbocycles. The van der Waals surface area contributed by atoms with Crippen molar-refractivity contribution in [2.75, 3.05) is 14.2 Å². The van der Waals surface area contributed by atoms with E-state index in [1.807, 2.05) is 49.4 Å². The number of nitrogens with zero attached hydrogens (tertiary/aromatic N) is 2. The van der Waals surface area contributed by atoms with Crippen molar-refractivity contribution >= 4 is 16.8 Å². The molecular formula is C18H19N3O2. The highest BCUT2D eigenvalue weighted by Crippen LogP contribution is 2.19. The lowest BCUT2D eigenvalue weighted by Crippen LogP contribution is -2.26. The van der Waals surface area contributed by atoms with Crippen LogP contribution in [0, 0.1) is 6.92 Å². The van der Waals surface area contributed by atoms with Gasteiger partial charge in [0.1, 0.15) is 5.75 Å². The second-order valence-corrected chi connectivity index (χ2v) is 5.63. The number of fused-ring (bicyclic) bond motifs is 1. The Morgan fingerprint density at radius 2 is 1.96 bits per heavy atom. The molecule has 5 nitrogen and oxygen atoms in total. The number of hydrogen-bond acceptors (Lipinski definition) is 3. The third kappa shape index (κ3) is 3.04. The highest BCUT2D eigenvalue weighted by Gasteiger charge is 2.18. The number of nitrogens with one attached hydrogen (secondary N) is 1. The molecule has 0 aliphatic heterocycles. The van der Waals surface area contributed by atoms with Gasteiger partial charge >= 0.3 is 0 Å². The molecule has 0 aliphatic carbocycles. The normalized spacial score (nSPS) is 10.7. The zero-order chi connectivity index (χ0) is 16.4. The summed E-state index contributed by atoms with van der Waals surface area (Å²) in [6.45, 7) is 2.52. The maximum Gasteiger partial charge on any atom is 0.275 e. The molecular weight excluding hydrogens is 290 g/mol. The molecule has 0 unspecified atom stereocenters. The number of aromatic amines is 1. The number of aryl methyl sites for hydroxylation is 1. The topological polar surface area (TPSA) is 58.2 Å².